The number of rotatable bonds is 5. The van der Waals surface area contributed by atoms with Gasteiger partial charge in [0.1, 0.15) is 0 Å². The van der Waals surface area contributed by atoms with E-state index in [1.807, 2.05) is 0 Å². The molecule has 3 N–H and O–H groups in total. The zero-order valence-electron chi connectivity index (χ0n) is 16.2. The lowest BCUT2D eigenvalue weighted by Gasteiger charge is -2.33. The average molecular weight is 426 g/mol. The summed E-state index contributed by atoms with van der Waals surface area (Å²) in [5.41, 5.74) is -2.17. The molecule has 0 aliphatic carbocycles. The van der Waals surface area contributed by atoms with Crippen LogP contribution in [0.25, 0.3) is 0 Å². The van der Waals surface area contributed by atoms with Crippen LogP contribution < -0.4 is 10.2 Å². The molecule has 0 saturated carbocycles. The van der Waals surface area contributed by atoms with E-state index < -0.39 is 52.2 Å². The van der Waals surface area contributed by atoms with Crippen molar-refractivity contribution < 1.29 is 29.5 Å². The van der Waals surface area contributed by atoms with E-state index in [0.717, 1.165) is 11.0 Å². The summed E-state index contributed by atoms with van der Waals surface area (Å²) in [5, 5.41) is 34.4. The third-order valence-electron chi connectivity index (χ3n) is 5.91. The second-order valence-electron chi connectivity index (χ2n) is 7.52. The van der Waals surface area contributed by atoms with Gasteiger partial charge in [0.05, 0.1) is 40.3 Å². The summed E-state index contributed by atoms with van der Waals surface area (Å²) in [4.78, 5) is 54.5. The largest absolute Gasteiger partial charge is 0.480 e. The molecule has 2 saturated heterocycles. The SMILES string of the molecule is CC(O)C1(C(=O)O)NC(c2ccccn2)C2C(=O)N(c3cccc([N+](=O)[O-])c3)C(=O)C21. The second kappa shape index (κ2) is 7.22. The van der Waals surface area contributed by atoms with Crippen molar-refractivity contribution in [3.8, 4) is 0 Å². The number of pyridine rings is 1. The minimum atomic E-state index is -2.14. The summed E-state index contributed by atoms with van der Waals surface area (Å²) in [7, 11) is 0. The molecule has 2 aliphatic rings. The Kier molecular flexibility index (Phi) is 4.79. The maximum absolute atomic E-state index is 13.4. The van der Waals surface area contributed by atoms with Crippen molar-refractivity contribution in [2.24, 2.45) is 11.8 Å². The van der Waals surface area contributed by atoms with E-state index >= 15 is 0 Å². The van der Waals surface area contributed by atoms with E-state index in [1.165, 1.54) is 31.3 Å². The molecule has 3 heterocycles. The number of amides is 2. The Morgan fingerprint density at radius 2 is 2.00 bits per heavy atom. The van der Waals surface area contributed by atoms with Crippen LogP contribution in [0.4, 0.5) is 11.4 Å². The summed E-state index contributed by atoms with van der Waals surface area (Å²) >= 11 is 0. The van der Waals surface area contributed by atoms with Gasteiger partial charge in [0.25, 0.3) is 5.69 Å². The number of imide groups is 1. The summed E-state index contributed by atoms with van der Waals surface area (Å²) < 4.78 is 0. The zero-order chi connectivity index (χ0) is 22.5. The minimum absolute atomic E-state index is 0.0387. The van der Waals surface area contributed by atoms with Crippen LogP contribution in [0.15, 0.2) is 48.7 Å². The molecule has 11 heteroatoms. The molecule has 1 aromatic carbocycles. The molecule has 2 fully saturated rings. The highest BCUT2D eigenvalue weighted by Crippen LogP contribution is 2.50. The van der Waals surface area contributed by atoms with Crippen molar-refractivity contribution in [1.82, 2.24) is 10.3 Å². The number of aromatic nitrogens is 1. The fourth-order valence-electron chi connectivity index (χ4n) is 4.51. The molecular formula is C20H18N4O7. The molecule has 0 bridgehead atoms. The summed E-state index contributed by atoms with van der Waals surface area (Å²) in [6.45, 7) is 1.23. The van der Waals surface area contributed by atoms with E-state index in [2.05, 4.69) is 10.3 Å². The van der Waals surface area contributed by atoms with Gasteiger partial charge in [-0.25, -0.2) is 4.90 Å². The highest BCUT2D eigenvalue weighted by molar-refractivity contribution is 6.24. The Labute approximate surface area is 175 Å². The van der Waals surface area contributed by atoms with E-state index in [9.17, 15) is 34.7 Å². The molecule has 0 radical (unpaired) electrons. The number of aliphatic carboxylic acids is 1. The van der Waals surface area contributed by atoms with Crippen LogP contribution in [0.3, 0.4) is 0 Å². The topological polar surface area (TPSA) is 163 Å². The third kappa shape index (κ3) is 2.89. The molecule has 1 aromatic heterocycles. The quantitative estimate of drug-likeness (QED) is 0.354. The van der Waals surface area contributed by atoms with Crippen molar-refractivity contribution in [3.05, 3.63) is 64.5 Å². The molecule has 4 rings (SSSR count). The lowest BCUT2D eigenvalue weighted by Crippen LogP contribution is -2.62. The van der Waals surface area contributed by atoms with Gasteiger partial charge >= 0.3 is 5.97 Å². The van der Waals surface area contributed by atoms with Crippen LogP contribution in [0.1, 0.15) is 18.7 Å². The number of nitro benzene ring substituents is 1. The summed E-state index contributed by atoms with van der Waals surface area (Å²) in [5.74, 6) is -5.68. The molecular weight excluding hydrogens is 408 g/mol. The molecule has 2 amide bonds. The van der Waals surface area contributed by atoms with Crippen LogP contribution in [0, 0.1) is 22.0 Å². The third-order valence-corrected chi connectivity index (χ3v) is 5.91. The van der Waals surface area contributed by atoms with Gasteiger partial charge < -0.3 is 10.2 Å². The first-order valence-corrected chi connectivity index (χ1v) is 9.42. The van der Waals surface area contributed by atoms with Gasteiger partial charge in [-0.15, -0.1) is 0 Å². The fourth-order valence-corrected chi connectivity index (χ4v) is 4.51. The number of non-ortho nitro benzene ring substituents is 1. The second-order valence-corrected chi connectivity index (χ2v) is 7.52. The summed E-state index contributed by atoms with van der Waals surface area (Å²) in [6, 6.07) is 8.90. The smallest absolute Gasteiger partial charge is 0.327 e. The molecule has 5 atom stereocenters. The highest BCUT2D eigenvalue weighted by atomic mass is 16.6. The monoisotopic (exact) mass is 426 g/mol. The fraction of sp³-hybridized carbons (Fsp3) is 0.300. The first kappa shape index (κ1) is 20.6. The highest BCUT2D eigenvalue weighted by Gasteiger charge is 2.70. The number of hydrogen-bond acceptors (Lipinski definition) is 8. The zero-order valence-corrected chi connectivity index (χ0v) is 16.2. The van der Waals surface area contributed by atoms with Crippen molar-refractivity contribution in [2.45, 2.75) is 24.6 Å². The maximum atomic E-state index is 13.4. The number of fused-ring (bicyclic) bond motifs is 1. The minimum Gasteiger partial charge on any atom is -0.480 e. The number of anilines is 1. The van der Waals surface area contributed by atoms with Gasteiger partial charge in [0.15, 0.2) is 5.54 Å². The predicted octanol–water partition coefficient (Wildman–Crippen LogP) is 0.644. The van der Waals surface area contributed by atoms with Crippen LogP contribution >= 0.6 is 0 Å². The van der Waals surface area contributed by atoms with Crippen molar-refractivity contribution in [3.63, 3.8) is 0 Å². The molecule has 2 aromatic rings. The predicted molar refractivity (Wildman–Crippen MR) is 105 cm³/mol. The number of aliphatic hydroxyl groups excluding tert-OH is 1. The number of nitrogens with one attached hydrogen (secondary N) is 1. The Balaban J connectivity index is 1.87. The van der Waals surface area contributed by atoms with Crippen molar-refractivity contribution in [1.29, 1.82) is 0 Å². The lowest BCUT2D eigenvalue weighted by molar-refractivity contribution is -0.384. The van der Waals surface area contributed by atoms with Gasteiger partial charge in [-0.05, 0) is 25.1 Å². The van der Waals surface area contributed by atoms with Crippen LogP contribution in [0.2, 0.25) is 0 Å². The van der Waals surface area contributed by atoms with Crippen LogP contribution in [-0.2, 0) is 14.4 Å². The van der Waals surface area contributed by atoms with Gasteiger partial charge in [-0.2, -0.15) is 0 Å². The normalized spacial score (nSPS) is 28.5. The molecule has 2 aliphatic heterocycles. The molecule has 160 valence electrons. The number of benzene rings is 1. The van der Waals surface area contributed by atoms with Crippen molar-refractivity contribution >= 4 is 29.2 Å². The van der Waals surface area contributed by atoms with Crippen LogP contribution in [0.5, 0.6) is 0 Å². The number of aliphatic hydroxyl groups is 1. The van der Waals surface area contributed by atoms with Gasteiger partial charge in [0, 0.05) is 18.3 Å². The molecule has 0 spiro atoms. The molecule has 31 heavy (non-hydrogen) atoms. The number of carboxylic acids is 1. The van der Waals surface area contributed by atoms with E-state index in [0.29, 0.717) is 5.69 Å². The average Bonchev–Trinajstić information content (AvgIpc) is 3.24. The number of nitro groups is 1. The first-order valence-electron chi connectivity index (χ1n) is 9.42. The first-order chi connectivity index (χ1) is 14.7. The van der Waals surface area contributed by atoms with Gasteiger partial charge in [-0.1, -0.05) is 12.1 Å². The lowest BCUT2D eigenvalue weighted by atomic mass is 9.77. The Hall–Kier alpha value is -3.70. The van der Waals surface area contributed by atoms with Gasteiger partial charge in [-0.3, -0.25) is 34.8 Å². The molecule has 11 nitrogen and oxygen atoms in total. The number of carboxylic acid groups (broad SMARTS) is 1. The standard InChI is InChI=1S/C20H18N4O7/c1-10(25)20(19(28)29)15-14(16(22-20)13-7-2-3-8-21-13)17(26)23(18(15)27)11-5-4-6-12(9-11)24(30)31/h2-10,14-16,22,25H,1H3,(H,28,29). The number of hydrogen-bond donors (Lipinski definition) is 3. The number of nitrogens with zero attached hydrogens (tertiary/aromatic N) is 3. The van der Waals surface area contributed by atoms with Crippen LogP contribution in [-0.4, -0.2) is 49.5 Å². The number of carbonyl (C=O) groups excluding carboxylic acids is 2. The Morgan fingerprint density at radius 3 is 2.58 bits per heavy atom. The Morgan fingerprint density at radius 1 is 1.26 bits per heavy atom. The van der Waals surface area contributed by atoms with Crippen molar-refractivity contribution in [2.75, 3.05) is 4.90 Å². The summed E-state index contributed by atoms with van der Waals surface area (Å²) in [6.07, 6.45) is -0.0672. The van der Waals surface area contributed by atoms with E-state index in [1.54, 1.807) is 18.2 Å². The number of carbonyl (C=O) groups is 3. The van der Waals surface area contributed by atoms with E-state index in [-0.39, 0.29) is 11.4 Å². The maximum Gasteiger partial charge on any atom is 0.327 e. The van der Waals surface area contributed by atoms with E-state index in [4.69, 9.17) is 0 Å². The van der Waals surface area contributed by atoms with Gasteiger partial charge in [0.2, 0.25) is 11.8 Å². The Bertz CT molecular complexity index is 1090. The molecule has 5 unspecified atom stereocenters.